The van der Waals surface area contributed by atoms with Gasteiger partial charge in [0, 0.05) is 18.7 Å². The number of carbonyl (C=O) groups excluding carboxylic acids is 1. The molecule has 1 atom stereocenters. The Hall–Kier alpha value is -1.98. The summed E-state index contributed by atoms with van der Waals surface area (Å²) in [5.74, 6) is -0.197. The van der Waals surface area contributed by atoms with Crippen molar-refractivity contribution in [3.8, 4) is 0 Å². The molecular weight excluding hydrogens is 254 g/mol. The fourth-order valence-corrected chi connectivity index (χ4v) is 2.15. The Bertz CT molecular complexity index is 575. The van der Waals surface area contributed by atoms with Crippen molar-refractivity contribution in [2.75, 3.05) is 20.3 Å². The van der Waals surface area contributed by atoms with Crippen LogP contribution in [0, 0.1) is 0 Å². The Morgan fingerprint density at radius 3 is 2.95 bits per heavy atom. The van der Waals surface area contributed by atoms with E-state index in [0.717, 1.165) is 10.8 Å². The van der Waals surface area contributed by atoms with Crippen molar-refractivity contribution in [1.82, 2.24) is 10.3 Å². The number of aromatic nitrogens is 1. The summed E-state index contributed by atoms with van der Waals surface area (Å²) in [5.41, 5.74) is 5.97. The molecule has 3 N–H and O–H groups in total. The number of hydrogen-bond acceptors (Lipinski definition) is 4. The summed E-state index contributed by atoms with van der Waals surface area (Å²) in [6.07, 6.45) is 2.32. The van der Waals surface area contributed by atoms with Crippen molar-refractivity contribution in [3.63, 3.8) is 0 Å². The number of nitrogens with one attached hydrogen (secondary N) is 1. The van der Waals surface area contributed by atoms with E-state index in [0.29, 0.717) is 25.3 Å². The zero-order valence-corrected chi connectivity index (χ0v) is 11.5. The van der Waals surface area contributed by atoms with E-state index >= 15 is 0 Å². The molecule has 0 aliphatic carbocycles. The van der Waals surface area contributed by atoms with Gasteiger partial charge in [0.25, 0.3) is 5.91 Å². The number of pyridine rings is 1. The Balaban J connectivity index is 2.22. The van der Waals surface area contributed by atoms with Crippen molar-refractivity contribution in [3.05, 3.63) is 42.2 Å². The first-order valence-corrected chi connectivity index (χ1v) is 6.60. The van der Waals surface area contributed by atoms with Crippen molar-refractivity contribution in [2.24, 2.45) is 5.73 Å². The second-order valence-corrected chi connectivity index (χ2v) is 4.58. The maximum absolute atomic E-state index is 12.3. The van der Waals surface area contributed by atoms with Crippen molar-refractivity contribution in [2.45, 2.75) is 12.5 Å². The predicted octanol–water partition coefficient (Wildman–Crippen LogP) is 1.33. The molecule has 0 aliphatic rings. The third-order valence-electron chi connectivity index (χ3n) is 3.11. The molecule has 0 fully saturated rings. The van der Waals surface area contributed by atoms with Crippen LogP contribution in [0.1, 0.15) is 16.9 Å². The number of benzene rings is 1. The average Bonchev–Trinajstić information content (AvgIpc) is 2.47. The lowest BCUT2D eigenvalue weighted by Gasteiger charge is -2.17. The molecule has 1 aromatic heterocycles. The largest absolute Gasteiger partial charge is 0.383 e. The maximum Gasteiger partial charge on any atom is 0.270 e. The van der Waals surface area contributed by atoms with Gasteiger partial charge in [0.15, 0.2) is 0 Å². The number of carbonyl (C=O) groups is 1. The van der Waals surface area contributed by atoms with Gasteiger partial charge in [0.1, 0.15) is 5.69 Å². The highest BCUT2D eigenvalue weighted by Gasteiger charge is 2.16. The van der Waals surface area contributed by atoms with Gasteiger partial charge in [0.2, 0.25) is 0 Å². The normalized spacial score (nSPS) is 12.3. The summed E-state index contributed by atoms with van der Waals surface area (Å²) in [6.45, 7) is 0.935. The summed E-state index contributed by atoms with van der Waals surface area (Å²) < 4.78 is 5.09. The van der Waals surface area contributed by atoms with Gasteiger partial charge < -0.3 is 15.8 Å². The lowest BCUT2D eigenvalue weighted by Crippen LogP contribution is -2.39. The summed E-state index contributed by atoms with van der Waals surface area (Å²) in [5, 5.41) is 4.76. The maximum atomic E-state index is 12.3. The van der Waals surface area contributed by atoms with Crippen molar-refractivity contribution in [1.29, 1.82) is 0 Å². The highest BCUT2D eigenvalue weighted by molar-refractivity contribution is 6.05. The summed E-state index contributed by atoms with van der Waals surface area (Å²) in [4.78, 5) is 16.5. The molecule has 0 saturated carbocycles. The van der Waals surface area contributed by atoms with Gasteiger partial charge in [-0.2, -0.15) is 0 Å². The number of nitrogens with two attached hydrogens (primary N) is 1. The topological polar surface area (TPSA) is 77.2 Å². The van der Waals surface area contributed by atoms with E-state index in [1.807, 2.05) is 30.3 Å². The molecule has 0 bridgehead atoms. The molecule has 0 spiro atoms. The first kappa shape index (κ1) is 14.4. The standard InChI is InChI=1S/C15H19N3O2/c1-20-10-12(6-8-16)18-15(19)14-13-5-3-2-4-11(13)7-9-17-14/h2-5,7,9,12H,6,8,10,16H2,1H3,(H,18,19). The van der Waals surface area contributed by atoms with E-state index in [4.69, 9.17) is 10.5 Å². The minimum absolute atomic E-state index is 0.0988. The lowest BCUT2D eigenvalue weighted by atomic mass is 10.1. The third kappa shape index (κ3) is 3.31. The molecule has 5 heteroatoms. The average molecular weight is 273 g/mol. The lowest BCUT2D eigenvalue weighted by molar-refractivity contribution is 0.0890. The molecule has 20 heavy (non-hydrogen) atoms. The molecule has 0 radical (unpaired) electrons. The third-order valence-corrected chi connectivity index (χ3v) is 3.11. The molecule has 1 aromatic carbocycles. The van der Waals surface area contributed by atoms with E-state index in [1.54, 1.807) is 13.3 Å². The minimum Gasteiger partial charge on any atom is -0.383 e. The smallest absolute Gasteiger partial charge is 0.270 e. The molecule has 2 rings (SSSR count). The zero-order chi connectivity index (χ0) is 14.4. The Kier molecular flexibility index (Phi) is 5.03. The van der Waals surface area contributed by atoms with Crippen LogP contribution in [0.4, 0.5) is 0 Å². The van der Waals surface area contributed by atoms with Crippen LogP contribution >= 0.6 is 0 Å². The second-order valence-electron chi connectivity index (χ2n) is 4.58. The van der Waals surface area contributed by atoms with E-state index in [2.05, 4.69) is 10.3 Å². The zero-order valence-electron chi connectivity index (χ0n) is 11.5. The van der Waals surface area contributed by atoms with E-state index in [9.17, 15) is 4.79 Å². The van der Waals surface area contributed by atoms with Crippen LogP contribution in [0.5, 0.6) is 0 Å². The second kappa shape index (κ2) is 6.98. The number of fused-ring (bicyclic) bond motifs is 1. The number of nitrogens with zero attached hydrogens (tertiary/aromatic N) is 1. The number of ether oxygens (including phenoxy) is 1. The number of rotatable bonds is 6. The monoisotopic (exact) mass is 273 g/mol. The number of amides is 1. The van der Waals surface area contributed by atoms with Gasteiger partial charge in [-0.05, 0) is 24.4 Å². The van der Waals surface area contributed by atoms with E-state index in [-0.39, 0.29) is 11.9 Å². The van der Waals surface area contributed by atoms with Crippen LogP contribution in [0.15, 0.2) is 36.5 Å². The molecule has 0 aliphatic heterocycles. The van der Waals surface area contributed by atoms with Crippen LogP contribution in [0.3, 0.4) is 0 Å². The van der Waals surface area contributed by atoms with E-state index in [1.165, 1.54) is 0 Å². The van der Waals surface area contributed by atoms with Gasteiger partial charge in [-0.3, -0.25) is 9.78 Å². The molecular formula is C15H19N3O2. The predicted molar refractivity (Wildman–Crippen MR) is 78.5 cm³/mol. The van der Waals surface area contributed by atoms with Gasteiger partial charge in [-0.15, -0.1) is 0 Å². The Morgan fingerprint density at radius 2 is 2.20 bits per heavy atom. The minimum atomic E-state index is -0.197. The van der Waals surface area contributed by atoms with Crippen LogP contribution in [-0.2, 0) is 4.74 Å². The highest BCUT2D eigenvalue weighted by Crippen LogP contribution is 2.16. The number of hydrogen-bond donors (Lipinski definition) is 2. The highest BCUT2D eigenvalue weighted by atomic mass is 16.5. The van der Waals surface area contributed by atoms with Gasteiger partial charge in [-0.1, -0.05) is 24.3 Å². The van der Waals surface area contributed by atoms with Crippen molar-refractivity contribution < 1.29 is 9.53 Å². The van der Waals surface area contributed by atoms with Crippen molar-refractivity contribution >= 4 is 16.7 Å². The first-order valence-electron chi connectivity index (χ1n) is 6.60. The molecule has 1 heterocycles. The Labute approximate surface area is 118 Å². The molecule has 2 aromatic rings. The summed E-state index contributed by atoms with van der Waals surface area (Å²) in [7, 11) is 1.60. The van der Waals surface area contributed by atoms with Gasteiger partial charge >= 0.3 is 0 Å². The SMILES string of the molecule is COCC(CCN)NC(=O)c1nccc2ccccc12. The molecule has 1 amide bonds. The van der Waals surface area contributed by atoms with Crippen LogP contribution in [0.25, 0.3) is 10.8 Å². The Morgan fingerprint density at radius 1 is 1.40 bits per heavy atom. The summed E-state index contributed by atoms with van der Waals surface area (Å²) in [6, 6.07) is 9.47. The molecule has 0 saturated heterocycles. The number of methoxy groups -OCH3 is 1. The van der Waals surface area contributed by atoms with E-state index < -0.39 is 0 Å². The fraction of sp³-hybridized carbons (Fsp3) is 0.333. The van der Waals surface area contributed by atoms with Crippen LogP contribution in [-0.4, -0.2) is 37.2 Å². The van der Waals surface area contributed by atoms with Gasteiger partial charge in [0.05, 0.1) is 12.6 Å². The molecule has 1 unspecified atom stereocenters. The summed E-state index contributed by atoms with van der Waals surface area (Å²) >= 11 is 0. The quantitative estimate of drug-likeness (QED) is 0.832. The molecule has 106 valence electrons. The van der Waals surface area contributed by atoms with Crippen LogP contribution < -0.4 is 11.1 Å². The van der Waals surface area contributed by atoms with Gasteiger partial charge in [-0.25, -0.2) is 0 Å². The first-order chi connectivity index (χ1) is 9.76. The fourth-order valence-electron chi connectivity index (χ4n) is 2.15. The van der Waals surface area contributed by atoms with Crippen LogP contribution in [0.2, 0.25) is 0 Å². The molecule has 5 nitrogen and oxygen atoms in total.